The summed E-state index contributed by atoms with van der Waals surface area (Å²) in [6, 6.07) is 5.56. The third-order valence-electron chi connectivity index (χ3n) is 4.57. The summed E-state index contributed by atoms with van der Waals surface area (Å²) >= 11 is 0. The van der Waals surface area contributed by atoms with E-state index in [1.54, 1.807) is 0 Å². The van der Waals surface area contributed by atoms with Gasteiger partial charge < -0.3 is 10.6 Å². The molecule has 0 aliphatic heterocycles. The topological polar surface area (TPSA) is 58.2 Å². The number of hydrogen-bond acceptors (Lipinski definition) is 2. The highest BCUT2D eigenvalue weighted by Crippen LogP contribution is 2.28. The molecule has 2 N–H and O–H groups in total. The van der Waals surface area contributed by atoms with E-state index in [9.17, 15) is 9.59 Å². The van der Waals surface area contributed by atoms with Gasteiger partial charge in [0.2, 0.25) is 11.8 Å². The van der Waals surface area contributed by atoms with Crippen LogP contribution in [0.25, 0.3) is 0 Å². The Labute approximate surface area is 139 Å². The Bertz CT molecular complexity index is 548. The highest BCUT2D eigenvalue weighted by molar-refractivity contribution is 5.94. The van der Waals surface area contributed by atoms with Gasteiger partial charge in [0.05, 0.1) is 0 Å². The number of nitrogens with one attached hydrogen (secondary N) is 2. The van der Waals surface area contributed by atoms with Gasteiger partial charge in [0.1, 0.15) is 0 Å². The number of hydrogen-bond donors (Lipinski definition) is 2. The smallest absolute Gasteiger partial charge is 0.224 e. The van der Waals surface area contributed by atoms with Crippen LogP contribution in [0.5, 0.6) is 0 Å². The molecule has 0 aromatic heterocycles. The van der Waals surface area contributed by atoms with E-state index in [4.69, 9.17) is 0 Å². The third kappa shape index (κ3) is 6.05. The van der Waals surface area contributed by atoms with Crippen molar-refractivity contribution >= 4 is 23.2 Å². The van der Waals surface area contributed by atoms with E-state index < -0.39 is 0 Å². The number of amides is 2. The summed E-state index contributed by atoms with van der Waals surface area (Å²) in [6.45, 7) is 3.43. The minimum Gasteiger partial charge on any atom is -0.326 e. The van der Waals surface area contributed by atoms with Gasteiger partial charge in [-0.05, 0) is 43.4 Å². The first kappa shape index (κ1) is 17.5. The Balaban J connectivity index is 1.80. The van der Waals surface area contributed by atoms with Gasteiger partial charge in [-0.25, -0.2) is 0 Å². The fourth-order valence-corrected chi connectivity index (χ4v) is 3.28. The predicted octanol–water partition coefficient (Wildman–Crippen LogP) is 4.64. The number of carbonyl (C=O) groups is 2. The van der Waals surface area contributed by atoms with Gasteiger partial charge >= 0.3 is 0 Å². The summed E-state index contributed by atoms with van der Waals surface area (Å²) in [5.41, 5.74) is 2.49. The van der Waals surface area contributed by atoms with Crippen LogP contribution < -0.4 is 10.6 Å². The van der Waals surface area contributed by atoms with Crippen molar-refractivity contribution in [2.24, 2.45) is 5.92 Å². The lowest BCUT2D eigenvalue weighted by molar-refractivity contribution is -0.116. The van der Waals surface area contributed by atoms with E-state index in [0.29, 0.717) is 12.1 Å². The monoisotopic (exact) mass is 316 g/mol. The molecule has 4 heteroatoms. The van der Waals surface area contributed by atoms with Gasteiger partial charge in [0.15, 0.2) is 0 Å². The van der Waals surface area contributed by atoms with Crippen molar-refractivity contribution in [3.63, 3.8) is 0 Å². The van der Waals surface area contributed by atoms with E-state index >= 15 is 0 Å². The minimum atomic E-state index is -0.112. The lowest BCUT2D eigenvalue weighted by Crippen LogP contribution is -2.14. The second kappa shape index (κ2) is 8.70. The summed E-state index contributed by atoms with van der Waals surface area (Å²) in [7, 11) is 0. The van der Waals surface area contributed by atoms with E-state index in [2.05, 4.69) is 10.6 Å². The van der Waals surface area contributed by atoms with Crippen molar-refractivity contribution in [3.05, 3.63) is 23.8 Å². The molecule has 2 rings (SSSR count). The van der Waals surface area contributed by atoms with Crippen LogP contribution in [0.1, 0.15) is 63.9 Å². The van der Waals surface area contributed by atoms with E-state index in [-0.39, 0.29) is 11.8 Å². The number of aryl methyl sites for hydroxylation is 1. The molecular formula is C19H28N2O2. The molecule has 0 unspecified atom stereocenters. The fraction of sp³-hybridized carbons (Fsp3) is 0.579. The van der Waals surface area contributed by atoms with E-state index in [0.717, 1.165) is 23.6 Å². The molecule has 1 aromatic carbocycles. The average Bonchev–Trinajstić information content (AvgIpc) is 2.51. The Morgan fingerprint density at radius 1 is 1.13 bits per heavy atom. The first-order chi connectivity index (χ1) is 11.0. The lowest BCUT2D eigenvalue weighted by Gasteiger charge is -2.21. The zero-order valence-electron chi connectivity index (χ0n) is 14.3. The van der Waals surface area contributed by atoms with Crippen LogP contribution in [0.3, 0.4) is 0 Å². The maximum Gasteiger partial charge on any atom is 0.224 e. The van der Waals surface area contributed by atoms with Crippen molar-refractivity contribution in [2.45, 2.75) is 65.2 Å². The molecule has 1 fully saturated rings. The van der Waals surface area contributed by atoms with E-state index in [1.165, 1.54) is 45.4 Å². The molecule has 0 atom stereocenters. The molecule has 2 amide bonds. The maximum atomic E-state index is 12.1. The van der Waals surface area contributed by atoms with Crippen LogP contribution in [-0.4, -0.2) is 11.8 Å². The van der Waals surface area contributed by atoms with Crippen molar-refractivity contribution in [1.82, 2.24) is 0 Å². The number of anilines is 2. The molecule has 1 saturated carbocycles. The largest absolute Gasteiger partial charge is 0.326 e. The van der Waals surface area contributed by atoms with Crippen molar-refractivity contribution in [3.8, 4) is 0 Å². The summed E-state index contributed by atoms with van der Waals surface area (Å²) in [6.07, 6.45) is 9.44. The Morgan fingerprint density at radius 3 is 2.57 bits per heavy atom. The standard InChI is InChI=1S/C19H28N2O2/c1-14-11-12-17(20-15(2)22)13-18(14)21-19(23)10-6-9-16-7-4-3-5-8-16/h11-13,16H,3-10H2,1-2H3,(H,20,22)(H,21,23). The zero-order valence-corrected chi connectivity index (χ0v) is 14.3. The maximum absolute atomic E-state index is 12.1. The van der Waals surface area contributed by atoms with Crippen LogP contribution in [0.15, 0.2) is 18.2 Å². The van der Waals surface area contributed by atoms with Crippen molar-refractivity contribution in [1.29, 1.82) is 0 Å². The molecule has 0 radical (unpaired) electrons. The number of benzene rings is 1. The summed E-state index contributed by atoms with van der Waals surface area (Å²) < 4.78 is 0. The minimum absolute atomic E-state index is 0.0592. The molecule has 1 aromatic rings. The highest BCUT2D eigenvalue weighted by Gasteiger charge is 2.14. The van der Waals surface area contributed by atoms with Crippen LogP contribution >= 0.6 is 0 Å². The molecule has 1 aliphatic carbocycles. The Kier molecular flexibility index (Phi) is 6.63. The molecule has 0 bridgehead atoms. The summed E-state index contributed by atoms with van der Waals surface area (Å²) in [4.78, 5) is 23.3. The summed E-state index contributed by atoms with van der Waals surface area (Å²) in [5.74, 6) is 0.767. The molecule has 0 saturated heterocycles. The van der Waals surface area contributed by atoms with Crippen LogP contribution in [0, 0.1) is 12.8 Å². The number of rotatable bonds is 6. The number of carbonyl (C=O) groups excluding carboxylic acids is 2. The van der Waals surface area contributed by atoms with Gasteiger partial charge in [-0.3, -0.25) is 9.59 Å². The van der Waals surface area contributed by atoms with Crippen molar-refractivity contribution < 1.29 is 9.59 Å². The quantitative estimate of drug-likeness (QED) is 0.803. The molecule has 1 aliphatic rings. The molecule has 23 heavy (non-hydrogen) atoms. The first-order valence-electron chi connectivity index (χ1n) is 8.72. The van der Waals surface area contributed by atoms with E-state index in [1.807, 2.05) is 25.1 Å². The Morgan fingerprint density at radius 2 is 1.87 bits per heavy atom. The first-order valence-corrected chi connectivity index (χ1v) is 8.72. The second-order valence-electron chi connectivity index (χ2n) is 6.66. The molecule has 0 heterocycles. The molecule has 4 nitrogen and oxygen atoms in total. The fourth-order valence-electron chi connectivity index (χ4n) is 3.28. The third-order valence-corrected chi connectivity index (χ3v) is 4.57. The van der Waals surface area contributed by atoms with Gasteiger partial charge in [-0.1, -0.05) is 38.2 Å². The summed E-state index contributed by atoms with van der Waals surface area (Å²) in [5, 5.41) is 5.71. The normalized spacial score (nSPS) is 15.2. The molecule has 0 spiro atoms. The van der Waals surface area contributed by atoms with Gasteiger partial charge in [0.25, 0.3) is 0 Å². The van der Waals surface area contributed by atoms with Gasteiger partial charge in [0, 0.05) is 24.7 Å². The predicted molar refractivity (Wildman–Crippen MR) is 94.5 cm³/mol. The lowest BCUT2D eigenvalue weighted by atomic mass is 9.86. The van der Waals surface area contributed by atoms with Crippen molar-refractivity contribution in [2.75, 3.05) is 10.6 Å². The van der Waals surface area contributed by atoms with Crippen LogP contribution in [0.2, 0.25) is 0 Å². The highest BCUT2D eigenvalue weighted by atomic mass is 16.2. The zero-order chi connectivity index (χ0) is 16.7. The molecular weight excluding hydrogens is 288 g/mol. The average molecular weight is 316 g/mol. The molecule has 126 valence electrons. The SMILES string of the molecule is CC(=O)Nc1ccc(C)c(NC(=O)CCCC2CCCCC2)c1. The van der Waals surface area contributed by atoms with Gasteiger partial charge in [-0.2, -0.15) is 0 Å². The van der Waals surface area contributed by atoms with Crippen LogP contribution in [0.4, 0.5) is 11.4 Å². The second-order valence-corrected chi connectivity index (χ2v) is 6.66. The van der Waals surface area contributed by atoms with Gasteiger partial charge in [-0.15, -0.1) is 0 Å². The Hall–Kier alpha value is -1.84. The van der Waals surface area contributed by atoms with Crippen LogP contribution in [-0.2, 0) is 9.59 Å².